The van der Waals surface area contributed by atoms with E-state index < -0.39 is 78.5 Å². The molecule has 254 valence electrons. The number of Topliss-reactive ketones (excluding diaryl/α,β-unsaturated/α-hetero) is 1. The molecule has 1 heterocycles. The molecule has 46 heavy (non-hydrogen) atoms. The molecule has 1 aliphatic heterocycles. The Morgan fingerprint density at radius 3 is 2.22 bits per heavy atom. The third-order valence-corrected chi connectivity index (χ3v) is 16.9. The van der Waals surface area contributed by atoms with Crippen LogP contribution < -0.4 is 0 Å². The Bertz CT molecular complexity index is 1440. The Morgan fingerprint density at radius 2 is 1.70 bits per heavy atom. The number of carbonyl (C=O) groups is 3. The number of fused-ring (bicyclic) bond motifs is 5. The molecule has 3 aliphatic carbocycles. The fourth-order valence-corrected chi connectivity index (χ4v) is 10.2. The minimum atomic E-state index is -2.52. The van der Waals surface area contributed by atoms with Gasteiger partial charge in [-0.15, -0.1) is 0 Å². The van der Waals surface area contributed by atoms with E-state index in [0.717, 1.165) is 0 Å². The lowest BCUT2D eigenvalue weighted by Gasteiger charge is -2.68. The van der Waals surface area contributed by atoms with E-state index in [1.54, 1.807) is 37.3 Å². The van der Waals surface area contributed by atoms with Gasteiger partial charge in [0.25, 0.3) is 0 Å². The van der Waals surface area contributed by atoms with Gasteiger partial charge in [0.15, 0.2) is 13.9 Å². The summed E-state index contributed by atoms with van der Waals surface area (Å²) in [5, 5.41) is 24.4. The molecule has 10 heteroatoms. The first-order valence-corrected chi connectivity index (χ1v) is 19.4. The second kappa shape index (κ2) is 11.1. The third-order valence-electron chi connectivity index (χ3n) is 12.5. The maximum Gasteiger partial charge on any atom is 0.338 e. The van der Waals surface area contributed by atoms with Crippen molar-refractivity contribution in [3.8, 4) is 0 Å². The smallest absolute Gasteiger partial charge is 0.338 e. The van der Waals surface area contributed by atoms with Crippen molar-refractivity contribution in [2.75, 3.05) is 6.61 Å². The molecule has 9 atom stereocenters. The second-order valence-electron chi connectivity index (χ2n) is 16.4. The van der Waals surface area contributed by atoms with Crippen LogP contribution in [0.1, 0.15) is 85.5 Å². The molecular formula is C36H52O9Si. The summed E-state index contributed by atoms with van der Waals surface area (Å²) in [5.41, 5.74) is -4.28. The summed E-state index contributed by atoms with van der Waals surface area (Å²) in [4.78, 5) is 42.3. The number of benzene rings is 1. The van der Waals surface area contributed by atoms with Crippen LogP contribution in [-0.4, -0.2) is 78.5 Å². The zero-order valence-corrected chi connectivity index (χ0v) is 30.2. The molecule has 0 radical (unpaired) electrons. The number of carbonyl (C=O) groups excluding carboxylic acids is 3. The highest BCUT2D eigenvalue weighted by molar-refractivity contribution is 6.74. The van der Waals surface area contributed by atoms with Crippen molar-refractivity contribution in [2.45, 2.75) is 129 Å². The topological polar surface area (TPSA) is 129 Å². The van der Waals surface area contributed by atoms with Crippen LogP contribution >= 0.6 is 0 Å². The summed E-state index contributed by atoms with van der Waals surface area (Å²) in [6, 6.07) is 8.47. The van der Waals surface area contributed by atoms with Gasteiger partial charge in [-0.05, 0) is 55.3 Å². The Hall–Kier alpha value is -2.37. The largest absolute Gasteiger partial charge is 0.455 e. The fraction of sp³-hybridized carbons (Fsp3) is 0.694. The predicted molar refractivity (Wildman–Crippen MR) is 174 cm³/mol. The lowest BCUT2D eigenvalue weighted by molar-refractivity contribution is -0.344. The molecule has 0 aromatic heterocycles. The molecule has 2 saturated carbocycles. The molecule has 4 aliphatic rings. The van der Waals surface area contributed by atoms with Crippen LogP contribution in [0.25, 0.3) is 0 Å². The van der Waals surface area contributed by atoms with E-state index in [1.165, 1.54) is 6.92 Å². The first kappa shape index (κ1) is 34.9. The number of aliphatic hydroxyl groups excluding tert-OH is 1. The summed E-state index contributed by atoms with van der Waals surface area (Å²) in [6.07, 6.45) is -3.71. The van der Waals surface area contributed by atoms with E-state index in [2.05, 4.69) is 33.9 Å². The predicted octanol–water partition coefficient (Wildman–Crippen LogP) is 5.39. The maximum absolute atomic E-state index is 15.4. The molecule has 3 fully saturated rings. The average Bonchev–Trinajstić information content (AvgIpc) is 2.94. The van der Waals surface area contributed by atoms with E-state index in [1.807, 2.05) is 27.7 Å². The molecule has 1 saturated heterocycles. The number of hydrogen-bond acceptors (Lipinski definition) is 9. The van der Waals surface area contributed by atoms with E-state index in [9.17, 15) is 19.8 Å². The lowest BCUT2D eigenvalue weighted by Crippen LogP contribution is -2.81. The van der Waals surface area contributed by atoms with Crippen LogP contribution in [0.3, 0.4) is 0 Å². The van der Waals surface area contributed by atoms with Crippen LogP contribution in [0.5, 0.6) is 0 Å². The second-order valence-corrected chi connectivity index (χ2v) is 21.1. The van der Waals surface area contributed by atoms with E-state index >= 15 is 4.79 Å². The Kier molecular flexibility index (Phi) is 8.42. The highest BCUT2D eigenvalue weighted by atomic mass is 28.4. The molecular weight excluding hydrogens is 604 g/mol. The van der Waals surface area contributed by atoms with Gasteiger partial charge in [-0.1, -0.05) is 59.7 Å². The molecule has 5 rings (SSSR count). The highest BCUT2D eigenvalue weighted by Crippen LogP contribution is 2.65. The van der Waals surface area contributed by atoms with Gasteiger partial charge in [0.2, 0.25) is 0 Å². The summed E-state index contributed by atoms with van der Waals surface area (Å²) < 4.78 is 26.0. The van der Waals surface area contributed by atoms with Gasteiger partial charge in [-0.25, -0.2) is 4.79 Å². The number of rotatable bonds is 5. The molecule has 2 N–H and O–H groups in total. The van der Waals surface area contributed by atoms with E-state index in [0.29, 0.717) is 11.1 Å². The van der Waals surface area contributed by atoms with Crippen molar-refractivity contribution >= 4 is 26.0 Å². The van der Waals surface area contributed by atoms with Gasteiger partial charge in [-0.3, -0.25) is 9.59 Å². The number of aliphatic hydroxyl groups is 2. The number of ether oxygens (including phenoxy) is 3. The van der Waals surface area contributed by atoms with Crippen LogP contribution in [0.2, 0.25) is 18.1 Å². The molecule has 0 spiro atoms. The SMILES string of the molecule is CC(=O)O[C@@]12CO[C@@H]1C[C@H](O[Si](C)(C)C(C)(C)C)[C@@]1(C)C(=O)[C@H](C)C3=C(C)[C@@H](O)C[C@@](O)(C(OC(=O)c4ccccc4)C12)C3(C)C. The lowest BCUT2D eigenvalue weighted by atomic mass is 9.43. The van der Waals surface area contributed by atoms with Crippen LogP contribution in [0.4, 0.5) is 0 Å². The molecule has 2 unspecified atom stereocenters. The minimum absolute atomic E-state index is 0.0356. The number of esters is 2. The fourth-order valence-electron chi connectivity index (χ4n) is 8.84. The van der Waals surface area contributed by atoms with Crippen molar-refractivity contribution in [1.82, 2.24) is 0 Å². The number of ketones is 1. The summed E-state index contributed by atoms with van der Waals surface area (Å²) in [5.74, 6) is -3.22. The van der Waals surface area contributed by atoms with E-state index in [-0.39, 0.29) is 35.8 Å². The van der Waals surface area contributed by atoms with Crippen LogP contribution in [0.15, 0.2) is 41.5 Å². The summed E-state index contributed by atoms with van der Waals surface area (Å²) in [6.45, 7) is 21.1. The van der Waals surface area contributed by atoms with Gasteiger partial charge in [-0.2, -0.15) is 0 Å². The molecule has 9 nitrogen and oxygen atoms in total. The molecule has 2 bridgehead atoms. The Balaban J connectivity index is 1.84. The van der Waals surface area contributed by atoms with Crippen molar-refractivity contribution in [3.63, 3.8) is 0 Å². The maximum atomic E-state index is 15.4. The van der Waals surface area contributed by atoms with Crippen LogP contribution in [0, 0.1) is 22.7 Å². The summed E-state index contributed by atoms with van der Waals surface area (Å²) in [7, 11) is -2.52. The first-order valence-electron chi connectivity index (χ1n) is 16.5. The highest BCUT2D eigenvalue weighted by Gasteiger charge is 2.78. The molecule has 1 aromatic rings. The van der Waals surface area contributed by atoms with Crippen molar-refractivity contribution in [3.05, 3.63) is 47.0 Å². The van der Waals surface area contributed by atoms with Crippen molar-refractivity contribution in [2.24, 2.45) is 22.7 Å². The molecule has 1 aromatic carbocycles. The monoisotopic (exact) mass is 656 g/mol. The van der Waals surface area contributed by atoms with Gasteiger partial charge in [0.05, 0.1) is 35.7 Å². The standard InChI is InChI=1S/C36H52O9Si/c1-20-24(38)18-36(41)30(43-31(40)23-15-13-12-14-16-23)28-34(9,29(39)21(2)27(20)33(36,7)8)25(45-46(10,11)32(4,5)6)17-26-35(28,19-42-26)44-22(3)37/h12-16,21,24-26,28,30,38,41H,17-19H2,1-11H3/t21-,24+,25+,26-,28?,30?,34-,35+,36-/m1/s1. The minimum Gasteiger partial charge on any atom is -0.455 e. The van der Waals surface area contributed by atoms with E-state index in [4.69, 9.17) is 18.6 Å². The van der Waals surface area contributed by atoms with Gasteiger partial charge in [0.1, 0.15) is 23.6 Å². The van der Waals surface area contributed by atoms with Gasteiger partial charge in [0, 0.05) is 31.1 Å². The average molecular weight is 657 g/mol. The normalized spacial score (nSPS) is 38.8. The molecule has 0 amide bonds. The van der Waals surface area contributed by atoms with Crippen LogP contribution in [-0.2, 0) is 28.2 Å². The Labute approximate surface area is 274 Å². The zero-order valence-electron chi connectivity index (χ0n) is 29.2. The van der Waals surface area contributed by atoms with Crippen molar-refractivity contribution < 1.29 is 43.2 Å². The summed E-state index contributed by atoms with van der Waals surface area (Å²) >= 11 is 0. The third kappa shape index (κ3) is 4.88. The van der Waals surface area contributed by atoms with Crippen molar-refractivity contribution in [1.29, 1.82) is 0 Å². The van der Waals surface area contributed by atoms with Gasteiger partial charge >= 0.3 is 11.9 Å². The zero-order chi connectivity index (χ0) is 34.4. The Morgan fingerprint density at radius 1 is 1.09 bits per heavy atom. The van der Waals surface area contributed by atoms with Gasteiger partial charge < -0.3 is 28.8 Å². The quantitative estimate of drug-likeness (QED) is 0.244. The first-order chi connectivity index (χ1) is 21.1. The number of hydrogen-bond donors (Lipinski definition) is 2.